The van der Waals surface area contributed by atoms with Crippen LogP contribution in [0.5, 0.6) is 0 Å². The van der Waals surface area contributed by atoms with E-state index in [0.717, 1.165) is 11.3 Å². The smallest absolute Gasteiger partial charge is 0.206 e. The molecule has 0 radical (unpaired) electrons. The molecule has 0 aliphatic rings. The zero-order valence-corrected chi connectivity index (χ0v) is 11.1. The fourth-order valence-electron chi connectivity index (χ4n) is 1.04. The zero-order valence-electron chi connectivity index (χ0n) is 9.49. The molecule has 0 spiro atoms. The van der Waals surface area contributed by atoms with E-state index >= 15 is 0 Å². The highest BCUT2D eigenvalue weighted by Crippen LogP contribution is 2.22. The summed E-state index contributed by atoms with van der Waals surface area (Å²) in [7, 11) is -3.34. The summed E-state index contributed by atoms with van der Waals surface area (Å²) in [6.45, 7) is 7.62. The molecule has 0 unspecified atom stereocenters. The van der Waals surface area contributed by atoms with Crippen LogP contribution in [-0.4, -0.2) is 14.0 Å². The van der Waals surface area contributed by atoms with E-state index in [0.29, 0.717) is 4.21 Å². The van der Waals surface area contributed by atoms with Crippen molar-refractivity contribution in [2.24, 2.45) is 0 Å². The Bertz CT molecular complexity index is 432. The van der Waals surface area contributed by atoms with Gasteiger partial charge in [-0.3, -0.25) is 0 Å². The largest absolute Gasteiger partial charge is 0.250 e. The van der Waals surface area contributed by atoms with Gasteiger partial charge in [0.2, 0.25) is 0 Å². The van der Waals surface area contributed by atoms with Gasteiger partial charge in [-0.15, -0.1) is 11.3 Å². The van der Waals surface area contributed by atoms with Crippen LogP contribution >= 0.6 is 11.3 Å². The van der Waals surface area contributed by atoms with Crippen molar-refractivity contribution in [3.8, 4) is 0 Å². The van der Waals surface area contributed by atoms with Crippen LogP contribution in [0.25, 0.3) is 0 Å². The molecule has 15 heavy (non-hydrogen) atoms. The van der Waals surface area contributed by atoms with Gasteiger partial charge in [-0.25, -0.2) is 13.1 Å². The summed E-state index contributed by atoms with van der Waals surface area (Å²) in [4.78, 5) is 1.00. The predicted molar refractivity (Wildman–Crippen MR) is 63.7 cm³/mol. The Morgan fingerprint density at radius 1 is 1.40 bits per heavy atom. The molecular weight excluding hydrogens is 230 g/mol. The molecule has 1 N–H and O–H groups in total. The molecule has 1 rings (SSSR count). The Labute approximate surface area is 95.6 Å². The maximum absolute atomic E-state index is 11.9. The van der Waals surface area contributed by atoms with E-state index in [9.17, 15) is 8.42 Å². The highest BCUT2D eigenvalue weighted by Gasteiger charge is 2.25. The quantitative estimate of drug-likeness (QED) is 0.888. The highest BCUT2D eigenvalue weighted by molar-refractivity contribution is 7.91. The standard InChI is InChI=1S/C10H17NO2S2/c1-5-10(3,4)11-15(12,13)9-7-6-8(2)14-9/h6-7,11H,5H2,1-4H3. The Morgan fingerprint density at radius 3 is 2.40 bits per heavy atom. The summed E-state index contributed by atoms with van der Waals surface area (Å²) in [5.41, 5.74) is -0.392. The molecular formula is C10H17NO2S2. The molecule has 0 saturated carbocycles. The molecule has 0 aromatic carbocycles. The second kappa shape index (κ2) is 4.23. The van der Waals surface area contributed by atoms with Gasteiger partial charge in [0, 0.05) is 10.4 Å². The van der Waals surface area contributed by atoms with Gasteiger partial charge in [0.05, 0.1) is 0 Å². The number of rotatable bonds is 4. The minimum Gasteiger partial charge on any atom is -0.206 e. The van der Waals surface area contributed by atoms with Crippen LogP contribution in [0.1, 0.15) is 32.1 Å². The monoisotopic (exact) mass is 247 g/mol. The van der Waals surface area contributed by atoms with Crippen molar-refractivity contribution in [3.05, 3.63) is 17.0 Å². The first-order chi connectivity index (χ1) is 6.77. The van der Waals surface area contributed by atoms with Gasteiger partial charge < -0.3 is 0 Å². The second-order valence-electron chi connectivity index (χ2n) is 4.21. The minimum atomic E-state index is -3.34. The van der Waals surface area contributed by atoms with Crippen molar-refractivity contribution in [2.45, 2.75) is 43.9 Å². The summed E-state index contributed by atoms with van der Waals surface area (Å²) < 4.78 is 26.9. The lowest BCUT2D eigenvalue weighted by molar-refractivity contribution is 0.440. The number of sulfonamides is 1. The molecule has 0 atom stereocenters. The number of nitrogens with one attached hydrogen (secondary N) is 1. The molecule has 86 valence electrons. The van der Waals surface area contributed by atoms with E-state index < -0.39 is 15.6 Å². The van der Waals surface area contributed by atoms with Gasteiger partial charge in [-0.2, -0.15) is 0 Å². The number of hydrogen-bond acceptors (Lipinski definition) is 3. The van der Waals surface area contributed by atoms with Crippen molar-refractivity contribution in [2.75, 3.05) is 0 Å². The number of hydrogen-bond donors (Lipinski definition) is 1. The summed E-state index contributed by atoms with van der Waals surface area (Å²) in [6.07, 6.45) is 0.761. The fraction of sp³-hybridized carbons (Fsp3) is 0.600. The van der Waals surface area contributed by atoms with Crippen molar-refractivity contribution in [1.82, 2.24) is 4.72 Å². The van der Waals surface area contributed by atoms with Crippen LogP contribution in [0, 0.1) is 6.92 Å². The molecule has 0 amide bonds. The minimum absolute atomic E-state index is 0.390. The number of aryl methyl sites for hydroxylation is 1. The molecule has 1 aromatic rings. The third-order valence-corrected chi connectivity index (χ3v) is 5.47. The van der Waals surface area contributed by atoms with Gasteiger partial charge in [0.1, 0.15) is 4.21 Å². The molecule has 0 aliphatic carbocycles. The maximum Gasteiger partial charge on any atom is 0.250 e. The van der Waals surface area contributed by atoms with E-state index in [1.54, 1.807) is 6.07 Å². The van der Waals surface area contributed by atoms with Crippen molar-refractivity contribution >= 4 is 21.4 Å². The van der Waals surface area contributed by atoms with Crippen LogP contribution in [0.15, 0.2) is 16.3 Å². The van der Waals surface area contributed by atoms with Crippen LogP contribution in [0.3, 0.4) is 0 Å². The molecule has 1 aromatic heterocycles. The van der Waals surface area contributed by atoms with E-state index in [1.807, 2.05) is 33.8 Å². The Hall–Kier alpha value is -0.390. The Morgan fingerprint density at radius 2 is 2.00 bits per heavy atom. The molecule has 0 fully saturated rings. The van der Waals surface area contributed by atoms with Gasteiger partial charge >= 0.3 is 0 Å². The lowest BCUT2D eigenvalue weighted by Gasteiger charge is -2.23. The normalized spacial score (nSPS) is 13.1. The predicted octanol–water partition coefficient (Wildman–Crippen LogP) is 2.52. The van der Waals surface area contributed by atoms with Gasteiger partial charge in [-0.1, -0.05) is 6.92 Å². The van der Waals surface area contributed by atoms with Gasteiger partial charge in [0.15, 0.2) is 0 Å². The van der Waals surface area contributed by atoms with Crippen molar-refractivity contribution in [3.63, 3.8) is 0 Å². The Balaban J connectivity index is 2.95. The van der Waals surface area contributed by atoms with E-state index in [2.05, 4.69) is 4.72 Å². The van der Waals surface area contributed by atoms with Gasteiger partial charge in [-0.05, 0) is 39.3 Å². The average molecular weight is 247 g/mol. The molecule has 5 heteroatoms. The first kappa shape index (κ1) is 12.7. The third-order valence-electron chi connectivity index (χ3n) is 2.28. The summed E-state index contributed by atoms with van der Waals surface area (Å²) >= 11 is 1.30. The fourth-order valence-corrected chi connectivity index (χ4v) is 3.81. The third kappa shape index (κ3) is 3.29. The first-order valence-electron chi connectivity index (χ1n) is 4.87. The molecule has 0 saturated heterocycles. The van der Waals surface area contributed by atoms with Crippen LogP contribution in [0.4, 0.5) is 0 Å². The molecule has 1 heterocycles. The average Bonchev–Trinajstić information content (AvgIpc) is 2.51. The highest BCUT2D eigenvalue weighted by atomic mass is 32.2. The lowest BCUT2D eigenvalue weighted by Crippen LogP contribution is -2.42. The second-order valence-corrected chi connectivity index (χ2v) is 7.41. The molecule has 3 nitrogen and oxygen atoms in total. The van der Waals surface area contributed by atoms with E-state index in [-0.39, 0.29) is 0 Å². The van der Waals surface area contributed by atoms with Crippen molar-refractivity contribution < 1.29 is 8.42 Å². The maximum atomic E-state index is 11.9. The van der Waals surface area contributed by atoms with Crippen LogP contribution in [0.2, 0.25) is 0 Å². The molecule has 0 bridgehead atoms. The zero-order chi connectivity index (χ0) is 11.7. The van der Waals surface area contributed by atoms with Crippen molar-refractivity contribution in [1.29, 1.82) is 0 Å². The van der Waals surface area contributed by atoms with E-state index in [4.69, 9.17) is 0 Å². The summed E-state index contributed by atoms with van der Waals surface area (Å²) in [5.74, 6) is 0. The first-order valence-corrected chi connectivity index (χ1v) is 7.17. The van der Waals surface area contributed by atoms with Gasteiger partial charge in [0.25, 0.3) is 10.0 Å². The topological polar surface area (TPSA) is 46.2 Å². The number of thiophene rings is 1. The van der Waals surface area contributed by atoms with Crippen LogP contribution in [-0.2, 0) is 10.0 Å². The van der Waals surface area contributed by atoms with E-state index in [1.165, 1.54) is 11.3 Å². The summed E-state index contributed by atoms with van der Waals surface area (Å²) in [5, 5.41) is 0. The van der Waals surface area contributed by atoms with Crippen LogP contribution < -0.4 is 4.72 Å². The summed E-state index contributed by atoms with van der Waals surface area (Å²) in [6, 6.07) is 3.46. The SMILES string of the molecule is CCC(C)(C)NS(=O)(=O)c1ccc(C)s1. The lowest BCUT2D eigenvalue weighted by atomic mass is 10.0. The Kier molecular flexibility index (Phi) is 3.58. The molecule has 0 aliphatic heterocycles.